The third-order valence-corrected chi connectivity index (χ3v) is 3.64. The maximum absolute atomic E-state index is 4.28. The standard InChI is InChI=1S/C11H15N3S/c1-8-9(7-13-14(8)3)11(12-2)10-5-4-6-15-10/h4-7,11-12H,1-3H3. The highest BCUT2D eigenvalue weighted by molar-refractivity contribution is 7.10. The van der Waals surface area contributed by atoms with Gasteiger partial charge >= 0.3 is 0 Å². The molecule has 2 rings (SSSR count). The average Bonchev–Trinajstić information content (AvgIpc) is 2.84. The van der Waals surface area contributed by atoms with E-state index in [1.807, 2.05) is 25.0 Å². The molecule has 0 saturated heterocycles. The fraction of sp³-hybridized carbons (Fsp3) is 0.364. The zero-order chi connectivity index (χ0) is 10.8. The Morgan fingerprint density at radius 2 is 2.33 bits per heavy atom. The van der Waals surface area contributed by atoms with Crippen LogP contribution >= 0.6 is 11.3 Å². The first-order chi connectivity index (χ1) is 7.24. The Balaban J connectivity index is 2.40. The smallest absolute Gasteiger partial charge is 0.0702 e. The topological polar surface area (TPSA) is 29.9 Å². The van der Waals surface area contributed by atoms with Crippen molar-refractivity contribution >= 4 is 11.3 Å². The highest BCUT2D eigenvalue weighted by atomic mass is 32.1. The van der Waals surface area contributed by atoms with E-state index < -0.39 is 0 Å². The second kappa shape index (κ2) is 4.16. The van der Waals surface area contributed by atoms with Crippen molar-refractivity contribution in [1.29, 1.82) is 0 Å². The molecule has 0 amide bonds. The van der Waals surface area contributed by atoms with Gasteiger partial charge in [-0.15, -0.1) is 11.3 Å². The molecule has 0 radical (unpaired) electrons. The third kappa shape index (κ3) is 1.82. The summed E-state index contributed by atoms with van der Waals surface area (Å²) >= 11 is 1.77. The first kappa shape index (κ1) is 10.4. The minimum absolute atomic E-state index is 0.263. The van der Waals surface area contributed by atoms with Crippen LogP contribution in [-0.4, -0.2) is 16.8 Å². The monoisotopic (exact) mass is 221 g/mol. The van der Waals surface area contributed by atoms with Gasteiger partial charge in [-0.3, -0.25) is 4.68 Å². The summed E-state index contributed by atoms with van der Waals surface area (Å²) in [6, 6.07) is 4.49. The second-order valence-electron chi connectivity index (χ2n) is 3.55. The molecule has 15 heavy (non-hydrogen) atoms. The van der Waals surface area contributed by atoms with Gasteiger partial charge in [-0.05, 0) is 25.4 Å². The van der Waals surface area contributed by atoms with Crippen LogP contribution in [0.5, 0.6) is 0 Å². The summed E-state index contributed by atoms with van der Waals surface area (Å²) in [7, 11) is 3.96. The van der Waals surface area contributed by atoms with Gasteiger partial charge in [0.05, 0.1) is 12.2 Å². The minimum atomic E-state index is 0.263. The van der Waals surface area contributed by atoms with Gasteiger partial charge in [0.25, 0.3) is 0 Å². The van der Waals surface area contributed by atoms with Crippen molar-refractivity contribution in [2.45, 2.75) is 13.0 Å². The molecule has 80 valence electrons. The van der Waals surface area contributed by atoms with Crippen LogP contribution in [0.1, 0.15) is 22.2 Å². The van der Waals surface area contributed by atoms with Crippen LogP contribution in [0.4, 0.5) is 0 Å². The predicted molar refractivity (Wildman–Crippen MR) is 63.2 cm³/mol. The lowest BCUT2D eigenvalue weighted by molar-refractivity contribution is 0.689. The highest BCUT2D eigenvalue weighted by Gasteiger charge is 2.17. The first-order valence-electron chi connectivity index (χ1n) is 4.93. The van der Waals surface area contributed by atoms with E-state index in [1.54, 1.807) is 11.3 Å². The van der Waals surface area contributed by atoms with Crippen molar-refractivity contribution in [1.82, 2.24) is 15.1 Å². The van der Waals surface area contributed by atoms with Crippen LogP contribution in [0.25, 0.3) is 0 Å². The Morgan fingerprint density at radius 1 is 1.53 bits per heavy atom. The lowest BCUT2D eigenvalue weighted by atomic mass is 10.1. The van der Waals surface area contributed by atoms with E-state index in [2.05, 4.69) is 34.9 Å². The minimum Gasteiger partial charge on any atom is -0.309 e. The summed E-state index contributed by atoms with van der Waals surface area (Å²) in [5, 5.41) is 9.71. The van der Waals surface area contributed by atoms with E-state index >= 15 is 0 Å². The molecule has 4 heteroatoms. The van der Waals surface area contributed by atoms with Crippen LogP contribution in [-0.2, 0) is 7.05 Å². The molecule has 2 heterocycles. The molecule has 3 nitrogen and oxygen atoms in total. The maximum Gasteiger partial charge on any atom is 0.0702 e. The van der Waals surface area contributed by atoms with Crippen molar-refractivity contribution in [3.8, 4) is 0 Å². The number of nitrogens with zero attached hydrogens (tertiary/aromatic N) is 2. The fourth-order valence-electron chi connectivity index (χ4n) is 1.71. The van der Waals surface area contributed by atoms with Crippen molar-refractivity contribution in [2.24, 2.45) is 7.05 Å². The molecule has 1 unspecified atom stereocenters. The molecule has 0 aliphatic rings. The molecule has 0 aliphatic carbocycles. The molecule has 1 N–H and O–H groups in total. The maximum atomic E-state index is 4.28. The van der Waals surface area contributed by atoms with Gasteiger partial charge < -0.3 is 5.32 Å². The van der Waals surface area contributed by atoms with Gasteiger partial charge in [0.2, 0.25) is 0 Å². The SMILES string of the molecule is CNC(c1cccs1)c1cnn(C)c1C. The van der Waals surface area contributed by atoms with E-state index in [1.165, 1.54) is 16.1 Å². The quantitative estimate of drug-likeness (QED) is 0.860. The van der Waals surface area contributed by atoms with Gasteiger partial charge in [-0.2, -0.15) is 5.10 Å². The van der Waals surface area contributed by atoms with Crippen molar-refractivity contribution < 1.29 is 0 Å². The Morgan fingerprint density at radius 3 is 2.80 bits per heavy atom. The van der Waals surface area contributed by atoms with Gasteiger partial charge in [0.1, 0.15) is 0 Å². The summed E-state index contributed by atoms with van der Waals surface area (Å²) in [5.41, 5.74) is 2.46. The van der Waals surface area contributed by atoms with Gasteiger partial charge in [-0.25, -0.2) is 0 Å². The zero-order valence-corrected chi connectivity index (χ0v) is 10.0. The summed E-state index contributed by atoms with van der Waals surface area (Å²) in [6.45, 7) is 2.10. The zero-order valence-electron chi connectivity index (χ0n) is 9.19. The van der Waals surface area contributed by atoms with Crippen LogP contribution in [0.3, 0.4) is 0 Å². The Labute approximate surface area is 93.7 Å². The third-order valence-electron chi connectivity index (χ3n) is 2.70. The predicted octanol–water partition coefficient (Wildman–Crippen LogP) is 2.10. The molecule has 2 aromatic rings. The van der Waals surface area contributed by atoms with Crippen LogP contribution < -0.4 is 5.32 Å². The molecule has 0 bridgehead atoms. The lowest BCUT2D eigenvalue weighted by Gasteiger charge is -2.13. The largest absolute Gasteiger partial charge is 0.309 e. The molecule has 0 aromatic carbocycles. The number of hydrogen-bond acceptors (Lipinski definition) is 3. The molecule has 2 aromatic heterocycles. The molecule has 0 fully saturated rings. The average molecular weight is 221 g/mol. The number of thiophene rings is 1. The number of nitrogens with one attached hydrogen (secondary N) is 1. The number of aryl methyl sites for hydroxylation is 1. The molecule has 0 aliphatic heterocycles. The van der Waals surface area contributed by atoms with Crippen molar-refractivity contribution in [3.63, 3.8) is 0 Å². The molecule has 1 atom stereocenters. The van der Waals surface area contributed by atoms with Crippen LogP contribution in [0.15, 0.2) is 23.7 Å². The van der Waals surface area contributed by atoms with Crippen LogP contribution in [0, 0.1) is 6.92 Å². The Bertz CT molecular complexity index is 431. The van der Waals surface area contributed by atoms with Gasteiger partial charge in [-0.1, -0.05) is 6.07 Å². The number of hydrogen-bond donors (Lipinski definition) is 1. The summed E-state index contributed by atoms with van der Waals surface area (Å²) in [5.74, 6) is 0. The van der Waals surface area contributed by atoms with Crippen LogP contribution in [0.2, 0.25) is 0 Å². The summed E-state index contributed by atoms with van der Waals surface area (Å²) in [4.78, 5) is 1.33. The number of rotatable bonds is 3. The first-order valence-corrected chi connectivity index (χ1v) is 5.81. The van der Waals surface area contributed by atoms with Crippen molar-refractivity contribution in [2.75, 3.05) is 7.05 Å². The fourth-order valence-corrected chi connectivity index (χ4v) is 2.56. The van der Waals surface area contributed by atoms with E-state index in [-0.39, 0.29) is 6.04 Å². The summed E-state index contributed by atoms with van der Waals surface area (Å²) < 4.78 is 1.91. The van der Waals surface area contributed by atoms with Crippen molar-refractivity contribution in [3.05, 3.63) is 39.8 Å². The highest BCUT2D eigenvalue weighted by Crippen LogP contribution is 2.27. The Kier molecular flexibility index (Phi) is 2.88. The molecule has 0 saturated carbocycles. The molecular formula is C11H15N3S. The second-order valence-corrected chi connectivity index (χ2v) is 4.53. The Hall–Kier alpha value is -1.13. The van der Waals surface area contributed by atoms with Gasteiger partial charge in [0, 0.05) is 23.2 Å². The molecular weight excluding hydrogens is 206 g/mol. The van der Waals surface area contributed by atoms with Gasteiger partial charge in [0.15, 0.2) is 0 Å². The number of aromatic nitrogens is 2. The molecule has 0 spiro atoms. The lowest BCUT2D eigenvalue weighted by Crippen LogP contribution is -2.17. The van der Waals surface area contributed by atoms with E-state index in [9.17, 15) is 0 Å². The van der Waals surface area contributed by atoms with E-state index in [0.717, 1.165) is 0 Å². The normalized spacial score (nSPS) is 13.0. The van der Waals surface area contributed by atoms with E-state index in [4.69, 9.17) is 0 Å². The van der Waals surface area contributed by atoms with E-state index in [0.29, 0.717) is 0 Å². The summed E-state index contributed by atoms with van der Waals surface area (Å²) in [6.07, 6.45) is 1.94.